The second-order valence-corrected chi connectivity index (χ2v) is 2.87. The number of aryl methyl sites for hydroxylation is 1. The van der Waals surface area contributed by atoms with Crippen LogP contribution in [0.2, 0.25) is 10.0 Å². The maximum atomic E-state index is 9.03. The molecule has 1 nitrogen and oxygen atoms in total. The summed E-state index contributed by atoms with van der Waals surface area (Å²) < 4.78 is 0. The summed E-state index contributed by atoms with van der Waals surface area (Å²) in [4.78, 5) is 0. The molecule has 1 rings (SSSR count). The second kappa shape index (κ2) is 5.28. The van der Waals surface area contributed by atoms with Crippen LogP contribution in [0.4, 0.5) is 0 Å². The molecule has 0 spiro atoms. The minimum absolute atomic E-state index is 0.0727. The first kappa shape index (κ1) is 11.6. The molecule has 0 atom stereocenters. The van der Waals surface area contributed by atoms with Crippen molar-refractivity contribution in [2.75, 3.05) is 0 Å². The van der Waals surface area contributed by atoms with Crippen LogP contribution in [0.25, 0.3) is 0 Å². The molecular weight excluding hydrogens is 195 g/mol. The predicted molar refractivity (Wildman–Crippen MR) is 54.2 cm³/mol. The molecule has 0 aliphatic rings. The molecular formula is C9H12Cl2O. The number of benzene rings is 1. The summed E-state index contributed by atoms with van der Waals surface area (Å²) >= 11 is 11.2. The van der Waals surface area contributed by atoms with Crippen LogP contribution in [0.15, 0.2) is 12.1 Å². The fourth-order valence-corrected chi connectivity index (χ4v) is 1.03. The van der Waals surface area contributed by atoms with Gasteiger partial charge in [-0.2, -0.15) is 0 Å². The molecule has 0 radical (unpaired) electrons. The van der Waals surface area contributed by atoms with Crippen molar-refractivity contribution in [1.82, 2.24) is 0 Å². The fourth-order valence-electron chi connectivity index (χ4n) is 0.642. The molecule has 1 aromatic rings. The summed E-state index contributed by atoms with van der Waals surface area (Å²) in [5, 5.41) is 9.89. The Kier molecular flexibility index (Phi) is 5.11. The number of hydrogen-bond acceptors (Lipinski definition) is 1. The molecule has 0 aliphatic carbocycles. The molecule has 12 heavy (non-hydrogen) atoms. The highest BCUT2D eigenvalue weighted by Crippen LogP contribution is 2.28. The monoisotopic (exact) mass is 206 g/mol. The zero-order valence-electron chi connectivity index (χ0n) is 7.36. The van der Waals surface area contributed by atoms with Crippen molar-refractivity contribution in [1.29, 1.82) is 0 Å². The van der Waals surface area contributed by atoms with Gasteiger partial charge in [0.05, 0.1) is 5.02 Å². The molecule has 1 N–H and O–H groups in total. The molecule has 0 unspecified atom stereocenters. The molecule has 0 heterocycles. The van der Waals surface area contributed by atoms with Crippen molar-refractivity contribution in [3.63, 3.8) is 0 Å². The molecule has 0 saturated carbocycles. The van der Waals surface area contributed by atoms with E-state index < -0.39 is 0 Å². The van der Waals surface area contributed by atoms with E-state index in [2.05, 4.69) is 0 Å². The number of phenols is 1. The first-order valence-electron chi connectivity index (χ1n) is 3.76. The van der Waals surface area contributed by atoms with Crippen LogP contribution < -0.4 is 0 Å². The molecule has 68 valence electrons. The van der Waals surface area contributed by atoms with Gasteiger partial charge in [-0.15, -0.1) is 0 Å². The Morgan fingerprint density at radius 3 is 2.00 bits per heavy atom. The van der Waals surface area contributed by atoms with Gasteiger partial charge < -0.3 is 5.11 Å². The largest absolute Gasteiger partial charge is 0.506 e. The number of aromatic hydroxyl groups is 1. The number of rotatable bonds is 0. The van der Waals surface area contributed by atoms with E-state index in [1.165, 1.54) is 12.1 Å². The number of phenolic OH excluding ortho intramolecular Hbond substituents is 1. The zero-order chi connectivity index (χ0) is 9.72. The SMILES string of the molecule is CC.Cc1cc(O)c(Cl)cc1Cl. The van der Waals surface area contributed by atoms with Crippen LogP contribution in [0.3, 0.4) is 0 Å². The van der Waals surface area contributed by atoms with E-state index in [0.717, 1.165) is 5.56 Å². The third-order valence-corrected chi connectivity index (χ3v) is 1.94. The second-order valence-electron chi connectivity index (χ2n) is 2.05. The molecule has 3 heteroatoms. The van der Waals surface area contributed by atoms with Crippen LogP contribution >= 0.6 is 23.2 Å². The lowest BCUT2D eigenvalue weighted by Crippen LogP contribution is -1.75. The van der Waals surface area contributed by atoms with E-state index in [0.29, 0.717) is 5.02 Å². The van der Waals surface area contributed by atoms with Crippen molar-refractivity contribution in [3.05, 3.63) is 27.7 Å². The topological polar surface area (TPSA) is 20.2 Å². The van der Waals surface area contributed by atoms with E-state index in [-0.39, 0.29) is 10.8 Å². The van der Waals surface area contributed by atoms with Crippen LogP contribution in [0.5, 0.6) is 5.75 Å². The highest BCUT2D eigenvalue weighted by atomic mass is 35.5. The van der Waals surface area contributed by atoms with Crippen molar-refractivity contribution in [2.24, 2.45) is 0 Å². The Labute approximate surface area is 82.9 Å². The van der Waals surface area contributed by atoms with Crippen LogP contribution in [-0.4, -0.2) is 5.11 Å². The predicted octanol–water partition coefficient (Wildman–Crippen LogP) is 4.03. The summed E-state index contributed by atoms with van der Waals surface area (Å²) in [6, 6.07) is 3.05. The first-order chi connectivity index (χ1) is 5.61. The molecule has 0 saturated heterocycles. The van der Waals surface area contributed by atoms with Gasteiger partial charge in [0.1, 0.15) is 5.75 Å². The van der Waals surface area contributed by atoms with Gasteiger partial charge in [0, 0.05) is 5.02 Å². The average molecular weight is 207 g/mol. The van der Waals surface area contributed by atoms with E-state index in [9.17, 15) is 0 Å². The average Bonchev–Trinajstić information content (AvgIpc) is 2.05. The molecule has 0 aromatic heterocycles. The van der Waals surface area contributed by atoms with Crippen molar-refractivity contribution < 1.29 is 5.11 Å². The smallest absolute Gasteiger partial charge is 0.134 e. The molecule has 0 aliphatic heterocycles. The summed E-state index contributed by atoms with van der Waals surface area (Å²) in [5.41, 5.74) is 0.823. The Morgan fingerprint density at radius 2 is 1.58 bits per heavy atom. The zero-order valence-corrected chi connectivity index (χ0v) is 8.87. The first-order valence-corrected chi connectivity index (χ1v) is 4.51. The highest BCUT2D eigenvalue weighted by Gasteiger charge is 2.01. The standard InChI is InChI=1S/C7H6Cl2O.C2H6/c1-4-2-7(10)6(9)3-5(4)8;1-2/h2-3,10H,1H3;1-2H3. The van der Waals surface area contributed by atoms with Crippen molar-refractivity contribution in [3.8, 4) is 5.75 Å². The molecule has 0 fully saturated rings. The van der Waals surface area contributed by atoms with E-state index in [1.54, 1.807) is 6.92 Å². The summed E-state index contributed by atoms with van der Waals surface area (Å²) in [5.74, 6) is 0.0727. The summed E-state index contributed by atoms with van der Waals surface area (Å²) in [6.07, 6.45) is 0. The number of hydrogen-bond donors (Lipinski definition) is 1. The Balaban J connectivity index is 0.000000561. The Bertz CT molecular complexity index is 209. The Hall–Kier alpha value is -0.400. The van der Waals surface area contributed by atoms with Gasteiger partial charge >= 0.3 is 0 Å². The lowest BCUT2D eigenvalue weighted by atomic mass is 10.2. The maximum Gasteiger partial charge on any atom is 0.134 e. The fraction of sp³-hybridized carbons (Fsp3) is 0.333. The third kappa shape index (κ3) is 2.92. The van der Waals surface area contributed by atoms with Crippen LogP contribution in [-0.2, 0) is 0 Å². The van der Waals surface area contributed by atoms with E-state index >= 15 is 0 Å². The number of halogens is 2. The third-order valence-electron chi connectivity index (χ3n) is 1.23. The van der Waals surface area contributed by atoms with Gasteiger partial charge in [-0.3, -0.25) is 0 Å². The maximum absolute atomic E-state index is 9.03. The minimum Gasteiger partial charge on any atom is -0.506 e. The summed E-state index contributed by atoms with van der Waals surface area (Å²) in [6.45, 7) is 5.80. The molecule has 1 aromatic carbocycles. The van der Waals surface area contributed by atoms with Crippen LogP contribution in [0.1, 0.15) is 19.4 Å². The minimum atomic E-state index is 0.0727. The van der Waals surface area contributed by atoms with E-state index in [4.69, 9.17) is 28.3 Å². The van der Waals surface area contributed by atoms with Gasteiger partial charge in [0.2, 0.25) is 0 Å². The van der Waals surface area contributed by atoms with Gasteiger partial charge in [0.15, 0.2) is 0 Å². The van der Waals surface area contributed by atoms with Crippen molar-refractivity contribution >= 4 is 23.2 Å². The molecule has 0 amide bonds. The van der Waals surface area contributed by atoms with Crippen LogP contribution in [0, 0.1) is 6.92 Å². The normalized spacial score (nSPS) is 8.75. The molecule has 0 bridgehead atoms. The van der Waals surface area contributed by atoms with Gasteiger partial charge in [0.25, 0.3) is 0 Å². The van der Waals surface area contributed by atoms with Gasteiger partial charge in [-0.25, -0.2) is 0 Å². The lowest BCUT2D eigenvalue weighted by molar-refractivity contribution is 0.475. The van der Waals surface area contributed by atoms with E-state index in [1.807, 2.05) is 13.8 Å². The quantitative estimate of drug-likeness (QED) is 0.680. The van der Waals surface area contributed by atoms with Crippen molar-refractivity contribution in [2.45, 2.75) is 20.8 Å². The Morgan fingerprint density at radius 1 is 1.08 bits per heavy atom. The highest BCUT2D eigenvalue weighted by molar-refractivity contribution is 6.35. The van der Waals surface area contributed by atoms with Gasteiger partial charge in [-0.05, 0) is 24.6 Å². The lowest BCUT2D eigenvalue weighted by Gasteiger charge is -1.99. The van der Waals surface area contributed by atoms with Gasteiger partial charge in [-0.1, -0.05) is 37.0 Å². The summed E-state index contributed by atoms with van der Waals surface area (Å²) in [7, 11) is 0.